The van der Waals surface area contributed by atoms with Gasteiger partial charge in [-0.3, -0.25) is 14.4 Å². The number of aromatic nitrogens is 1. The van der Waals surface area contributed by atoms with Gasteiger partial charge in [0, 0.05) is 29.2 Å². The van der Waals surface area contributed by atoms with Crippen molar-refractivity contribution in [2.24, 2.45) is 0 Å². The van der Waals surface area contributed by atoms with Crippen molar-refractivity contribution in [1.82, 2.24) is 4.57 Å². The minimum Gasteiger partial charge on any atom is -0.325 e. The van der Waals surface area contributed by atoms with Crippen LogP contribution in [0.1, 0.15) is 27.0 Å². The number of rotatable bonds is 5. The summed E-state index contributed by atoms with van der Waals surface area (Å²) in [6, 6.07) is 15.6. The molecule has 2 N–H and O–H groups in total. The fourth-order valence-corrected chi connectivity index (χ4v) is 2.98. The molecule has 0 spiro atoms. The zero-order chi connectivity index (χ0) is 21.0. The van der Waals surface area contributed by atoms with Crippen molar-refractivity contribution >= 4 is 23.2 Å². The first kappa shape index (κ1) is 20.1. The molecule has 6 heteroatoms. The number of benzene rings is 2. The molecule has 0 atom stereocenters. The van der Waals surface area contributed by atoms with E-state index in [1.807, 2.05) is 39.0 Å². The third-order valence-electron chi connectivity index (χ3n) is 4.51. The van der Waals surface area contributed by atoms with Gasteiger partial charge in [0.1, 0.15) is 6.54 Å². The van der Waals surface area contributed by atoms with Crippen LogP contribution in [0.5, 0.6) is 0 Å². The SMILES string of the molecule is Cc1ccc(NC(=O)c2ccc(NC(=O)Cn3cc(C)ccc3=O)cc2)c(C)c1. The van der Waals surface area contributed by atoms with Crippen LogP contribution in [-0.4, -0.2) is 16.4 Å². The molecule has 0 saturated heterocycles. The lowest BCUT2D eigenvalue weighted by molar-refractivity contribution is -0.116. The Morgan fingerprint density at radius 3 is 2.24 bits per heavy atom. The molecule has 0 aliphatic carbocycles. The monoisotopic (exact) mass is 389 g/mol. The molecule has 6 nitrogen and oxygen atoms in total. The van der Waals surface area contributed by atoms with Crippen molar-refractivity contribution in [1.29, 1.82) is 0 Å². The number of hydrogen-bond acceptors (Lipinski definition) is 3. The van der Waals surface area contributed by atoms with Crippen molar-refractivity contribution in [3.8, 4) is 0 Å². The van der Waals surface area contributed by atoms with Gasteiger partial charge in [0.15, 0.2) is 0 Å². The summed E-state index contributed by atoms with van der Waals surface area (Å²) >= 11 is 0. The molecule has 148 valence electrons. The van der Waals surface area contributed by atoms with Crippen molar-refractivity contribution in [2.75, 3.05) is 10.6 Å². The first-order chi connectivity index (χ1) is 13.8. The Labute approximate surface area is 169 Å². The highest BCUT2D eigenvalue weighted by molar-refractivity contribution is 6.05. The topological polar surface area (TPSA) is 80.2 Å². The molecule has 0 aliphatic heterocycles. The molecule has 3 rings (SSSR count). The lowest BCUT2D eigenvalue weighted by Gasteiger charge is -2.10. The zero-order valence-corrected chi connectivity index (χ0v) is 16.7. The number of pyridine rings is 1. The summed E-state index contributed by atoms with van der Waals surface area (Å²) in [5.41, 5.74) is 4.60. The fraction of sp³-hybridized carbons (Fsp3) is 0.174. The molecule has 0 radical (unpaired) electrons. The van der Waals surface area contributed by atoms with E-state index < -0.39 is 0 Å². The van der Waals surface area contributed by atoms with E-state index in [9.17, 15) is 14.4 Å². The quantitative estimate of drug-likeness (QED) is 0.699. The third-order valence-corrected chi connectivity index (χ3v) is 4.51. The lowest BCUT2D eigenvalue weighted by Crippen LogP contribution is -2.26. The molecular formula is C23H23N3O3. The van der Waals surface area contributed by atoms with E-state index >= 15 is 0 Å². The Hall–Kier alpha value is -3.67. The van der Waals surface area contributed by atoms with E-state index in [4.69, 9.17) is 0 Å². The Morgan fingerprint density at radius 2 is 1.55 bits per heavy atom. The first-order valence-corrected chi connectivity index (χ1v) is 9.27. The fourth-order valence-electron chi connectivity index (χ4n) is 2.98. The molecule has 29 heavy (non-hydrogen) atoms. The molecule has 0 unspecified atom stereocenters. The van der Waals surface area contributed by atoms with Crippen LogP contribution in [0.4, 0.5) is 11.4 Å². The van der Waals surface area contributed by atoms with Gasteiger partial charge in [0.25, 0.3) is 11.5 Å². The minimum atomic E-state index is -0.315. The normalized spacial score (nSPS) is 10.4. The number of nitrogens with zero attached hydrogens (tertiary/aromatic N) is 1. The molecule has 0 fully saturated rings. The molecule has 1 aromatic heterocycles. The van der Waals surface area contributed by atoms with Crippen LogP contribution in [0.3, 0.4) is 0 Å². The van der Waals surface area contributed by atoms with Crippen LogP contribution in [0, 0.1) is 20.8 Å². The molecule has 3 aromatic rings. The van der Waals surface area contributed by atoms with Gasteiger partial charge in [-0.25, -0.2) is 0 Å². The van der Waals surface area contributed by atoms with E-state index in [1.54, 1.807) is 36.5 Å². The smallest absolute Gasteiger partial charge is 0.255 e. The summed E-state index contributed by atoms with van der Waals surface area (Å²) in [4.78, 5) is 36.5. The Kier molecular flexibility index (Phi) is 5.93. The van der Waals surface area contributed by atoms with Gasteiger partial charge >= 0.3 is 0 Å². The maximum Gasteiger partial charge on any atom is 0.255 e. The van der Waals surface area contributed by atoms with E-state index in [0.29, 0.717) is 11.3 Å². The zero-order valence-electron chi connectivity index (χ0n) is 16.7. The number of nitrogens with one attached hydrogen (secondary N) is 2. The highest BCUT2D eigenvalue weighted by Gasteiger charge is 2.09. The number of carbonyl (C=O) groups excluding carboxylic acids is 2. The second-order valence-electron chi connectivity index (χ2n) is 7.07. The van der Waals surface area contributed by atoms with Crippen LogP contribution in [0.15, 0.2) is 65.6 Å². The molecule has 0 bridgehead atoms. The predicted octanol–water partition coefficient (Wildman–Crippen LogP) is 3.66. The summed E-state index contributed by atoms with van der Waals surface area (Å²) in [6.45, 7) is 5.73. The van der Waals surface area contributed by atoms with Gasteiger partial charge in [-0.05, 0) is 62.2 Å². The maximum absolute atomic E-state index is 12.5. The van der Waals surface area contributed by atoms with Crippen molar-refractivity contribution < 1.29 is 9.59 Å². The number of aryl methyl sites for hydroxylation is 3. The van der Waals surface area contributed by atoms with Crippen molar-refractivity contribution in [3.05, 3.63) is 93.4 Å². The van der Waals surface area contributed by atoms with E-state index in [1.165, 1.54) is 10.6 Å². The highest BCUT2D eigenvalue weighted by atomic mass is 16.2. The summed E-state index contributed by atoms with van der Waals surface area (Å²) < 4.78 is 1.36. The Bertz CT molecular complexity index is 1110. The van der Waals surface area contributed by atoms with Crippen LogP contribution < -0.4 is 16.2 Å². The molecule has 0 aliphatic rings. The molecular weight excluding hydrogens is 366 g/mol. The van der Waals surface area contributed by atoms with Crippen LogP contribution >= 0.6 is 0 Å². The van der Waals surface area contributed by atoms with Gasteiger partial charge in [-0.1, -0.05) is 23.8 Å². The Balaban J connectivity index is 1.63. The van der Waals surface area contributed by atoms with Crippen LogP contribution in [0.2, 0.25) is 0 Å². The van der Waals surface area contributed by atoms with Gasteiger partial charge in [0.2, 0.25) is 5.91 Å². The summed E-state index contributed by atoms with van der Waals surface area (Å²) in [7, 11) is 0. The second-order valence-corrected chi connectivity index (χ2v) is 7.07. The maximum atomic E-state index is 12.5. The van der Waals surface area contributed by atoms with Gasteiger partial charge < -0.3 is 15.2 Å². The first-order valence-electron chi connectivity index (χ1n) is 9.27. The number of anilines is 2. The molecule has 2 aromatic carbocycles. The standard InChI is InChI=1S/C23H23N3O3/c1-15-4-10-20(17(3)12-15)25-23(29)18-6-8-19(9-7-18)24-21(27)14-26-13-16(2)5-11-22(26)28/h4-13H,14H2,1-3H3,(H,24,27)(H,25,29). The summed E-state index contributed by atoms with van der Waals surface area (Å²) in [5.74, 6) is -0.536. The van der Waals surface area contributed by atoms with Crippen molar-refractivity contribution in [3.63, 3.8) is 0 Å². The molecule has 2 amide bonds. The largest absolute Gasteiger partial charge is 0.325 e. The molecule has 0 saturated carbocycles. The predicted molar refractivity (Wildman–Crippen MR) is 114 cm³/mol. The van der Waals surface area contributed by atoms with Crippen LogP contribution in [-0.2, 0) is 11.3 Å². The highest BCUT2D eigenvalue weighted by Crippen LogP contribution is 2.18. The number of carbonyl (C=O) groups is 2. The lowest BCUT2D eigenvalue weighted by atomic mass is 10.1. The minimum absolute atomic E-state index is 0.0740. The number of amides is 2. The second kappa shape index (κ2) is 8.56. The van der Waals surface area contributed by atoms with Crippen molar-refractivity contribution in [2.45, 2.75) is 27.3 Å². The van der Waals surface area contributed by atoms with E-state index in [0.717, 1.165) is 22.4 Å². The summed E-state index contributed by atoms with van der Waals surface area (Å²) in [5, 5.41) is 5.63. The van der Waals surface area contributed by atoms with E-state index in [-0.39, 0.29) is 23.9 Å². The average molecular weight is 389 g/mol. The van der Waals surface area contributed by atoms with Gasteiger partial charge in [-0.2, -0.15) is 0 Å². The third kappa shape index (κ3) is 5.19. The summed E-state index contributed by atoms with van der Waals surface area (Å²) in [6.07, 6.45) is 1.64. The average Bonchev–Trinajstić information content (AvgIpc) is 2.67. The Morgan fingerprint density at radius 1 is 0.862 bits per heavy atom. The van der Waals surface area contributed by atoms with E-state index in [2.05, 4.69) is 10.6 Å². The number of hydrogen-bond donors (Lipinski definition) is 2. The van der Waals surface area contributed by atoms with Gasteiger partial charge in [-0.15, -0.1) is 0 Å². The van der Waals surface area contributed by atoms with Crippen LogP contribution in [0.25, 0.3) is 0 Å². The molecule has 1 heterocycles. The van der Waals surface area contributed by atoms with Gasteiger partial charge in [0.05, 0.1) is 0 Å².